The number of ether oxygens (including phenoxy) is 2. The predicted molar refractivity (Wildman–Crippen MR) is 107 cm³/mol. The van der Waals surface area contributed by atoms with Crippen molar-refractivity contribution < 1.29 is 23.9 Å². The Kier molecular flexibility index (Phi) is 9.16. The van der Waals surface area contributed by atoms with Gasteiger partial charge in [-0.2, -0.15) is 0 Å². The minimum atomic E-state index is -0.468. The first-order chi connectivity index (χ1) is 13.3. The van der Waals surface area contributed by atoms with Gasteiger partial charge in [0.25, 0.3) is 0 Å². The van der Waals surface area contributed by atoms with Crippen LogP contribution in [0.4, 0.5) is 0 Å². The number of benzene rings is 2. The first-order valence-electron chi connectivity index (χ1n) is 8.74. The average Bonchev–Trinajstić information content (AvgIpc) is 2.68. The van der Waals surface area contributed by atoms with Crippen LogP contribution < -0.4 is 10.5 Å². The van der Waals surface area contributed by atoms with E-state index in [9.17, 15) is 9.59 Å². The zero-order valence-corrected chi connectivity index (χ0v) is 16.3. The van der Waals surface area contributed by atoms with Crippen LogP contribution in [-0.4, -0.2) is 24.8 Å². The van der Waals surface area contributed by atoms with E-state index in [0.29, 0.717) is 29.1 Å². The second-order valence-corrected chi connectivity index (χ2v) is 5.85. The molecule has 0 aliphatic heterocycles. The van der Waals surface area contributed by atoms with Gasteiger partial charge in [0.1, 0.15) is 11.9 Å². The quantitative estimate of drug-likeness (QED) is 0.341. The van der Waals surface area contributed by atoms with Crippen LogP contribution in [0, 0.1) is 0 Å². The summed E-state index contributed by atoms with van der Waals surface area (Å²) in [7, 11) is 0. The van der Waals surface area contributed by atoms with Gasteiger partial charge in [0.05, 0.1) is 12.2 Å². The number of hydrogen-bond acceptors (Lipinski definition) is 5. The van der Waals surface area contributed by atoms with Crippen molar-refractivity contribution in [3.05, 3.63) is 77.4 Å². The predicted octanol–water partition coefficient (Wildman–Crippen LogP) is 3.60. The van der Waals surface area contributed by atoms with Crippen LogP contribution in [0.2, 0.25) is 0 Å². The third-order valence-electron chi connectivity index (χ3n) is 3.69. The van der Waals surface area contributed by atoms with Gasteiger partial charge in [-0.3, -0.25) is 9.59 Å². The third-order valence-corrected chi connectivity index (χ3v) is 3.69. The smallest absolute Gasteiger partial charge is 0.333 e. The molecule has 2 aromatic carbocycles. The van der Waals surface area contributed by atoms with Crippen molar-refractivity contribution in [1.82, 2.24) is 0 Å². The summed E-state index contributed by atoms with van der Waals surface area (Å²) in [6.45, 7) is 9.23. The molecule has 28 heavy (non-hydrogen) atoms. The van der Waals surface area contributed by atoms with E-state index in [-0.39, 0.29) is 12.2 Å². The molecule has 0 spiro atoms. The molecule has 0 radical (unpaired) electrons. The van der Waals surface area contributed by atoms with Gasteiger partial charge in [-0.25, -0.2) is 4.79 Å². The molecule has 0 aliphatic carbocycles. The van der Waals surface area contributed by atoms with Gasteiger partial charge in [-0.1, -0.05) is 43.0 Å². The molecule has 0 saturated heterocycles. The summed E-state index contributed by atoms with van der Waals surface area (Å²) in [6, 6.07) is 14.3. The zero-order chi connectivity index (χ0) is 21.1. The minimum Gasteiger partial charge on any atom is -0.493 e. The van der Waals surface area contributed by atoms with E-state index < -0.39 is 12.1 Å². The number of esters is 1. The molecule has 0 aliphatic rings. The molecule has 6 nitrogen and oxygen atoms in total. The fourth-order valence-corrected chi connectivity index (χ4v) is 2.33. The molecule has 6 heteroatoms. The van der Waals surface area contributed by atoms with E-state index in [1.807, 2.05) is 25.1 Å². The summed E-state index contributed by atoms with van der Waals surface area (Å²) in [6.07, 6.45) is -0.218. The summed E-state index contributed by atoms with van der Waals surface area (Å²) in [5, 5.41) is 0. The van der Waals surface area contributed by atoms with Crippen LogP contribution in [-0.2, 0) is 14.3 Å². The summed E-state index contributed by atoms with van der Waals surface area (Å²) in [5.74, 6) is -0.0795. The SMILES string of the molecule is C=C(C)C(=O)OC(C)c1ccc(C(=O)c2ccccc2)c(OCC)c1.NC=O. The maximum Gasteiger partial charge on any atom is 0.333 e. The van der Waals surface area contributed by atoms with Gasteiger partial charge in [0, 0.05) is 11.1 Å². The zero-order valence-electron chi connectivity index (χ0n) is 16.3. The lowest BCUT2D eigenvalue weighted by Crippen LogP contribution is -2.11. The monoisotopic (exact) mass is 383 g/mol. The van der Waals surface area contributed by atoms with Crippen molar-refractivity contribution in [2.45, 2.75) is 26.9 Å². The van der Waals surface area contributed by atoms with Gasteiger partial charge in [0.15, 0.2) is 5.78 Å². The van der Waals surface area contributed by atoms with Gasteiger partial charge in [-0.05, 0) is 38.5 Å². The normalized spacial score (nSPS) is 10.7. The van der Waals surface area contributed by atoms with Crippen LogP contribution in [0.5, 0.6) is 5.75 Å². The van der Waals surface area contributed by atoms with Crippen molar-refractivity contribution in [3.63, 3.8) is 0 Å². The van der Waals surface area contributed by atoms with Crippen LogP contribution in [0.1, 0.15) is 48.4 Å². The van der Waals surface area contributed by atoms with Crippen molar-refractivity contribution in [2.75, 3.05) is 6.61 Å². The van der Waals surface area contributed by atoms with E-state index in [2.05, 4.69) is 12.3 Å². The van der Waals surface area contributed by atoms with Crippen molar-refractivity contribution in [3.8, 4) is 5.75 Å². The Balaban J connectivity index is 0.00000122. The Morgan fingerprint density at radius 1 is 1.18 bits per heavy atom. The lowest BCUT2D eigenvalue weighted by molar-refractivity contribution is -0.143. The number of amides is 1. The number of carbonyl (C=O) groups excluding carboxylic acids is 3. The highest BCUT2D eigenvalue weighted by molar-refractivity contribution is 6.10. The number of rotatable bonds is 7. The highest BCUT2D eigenvalue weighted by Crippen LogP contribution is 2.28. The molecular formula is C22H25NO5. The standard InChI is InChI=1S/C21H22O4.CH3NO/c1-5-24-19-13-17(15(4)25-21(23)14(2)3)11-12-18(19)20(22)16-9-7-6-8-10-16;2-1-3/h6-13,15H,2,5H2,1,3-4H3;1H,(H2,2,3). The fraction of sp³-hybridized carbons (Fsp3) is 0.227. The van der Waals surface area contributed by atoms with Gasteiger partial charge < -0.3 is 15.2 Å². The van der Waals surface area contributed by atoms with Gasteiger partial charge in [-0.15, -0.1) is 0 Å². The maximum atomic E-state index is 12.7. The number of nitrogens with two attached hydrogens (primary N) is 1. The molecule has 1 atom stereocenters. The Morgan fingerprint density at radius 2 is 1.79 bits per heavy atom. The summed E-state index contributed by atoms with van der Waals surface area (Å²) >= 11 is 0. The Hall–Kier alpha value is -3.41. The van der Waals surface area contributed by atoms with Crippen molar-refractivity contribution in [2.24, 2.45) is 5.73 Å². The van der Waals surface area contributed by atoms with E-state index >= 15 is 0 Å². The highest BCUT2D eigenvalue weighted by atomic mass is 16.5. The molecule has 0 heterocycles. The molecule has 0 fully saturated rings. The first kappa shape index (κ1) is 22.6. The van der Waals surface area contributed by atoms with Crippen molar-refractivity contribution >= 4 is 18.2 Å². The molecule has 0 bridgehead atoms. The van der Waals surface area contributed by atoms with Gasteiger partial charge in [0.2, 0.25) is 6.41 Å². The van der Waals surface area contributed by atoms with E-state index in [1.54, 1.807) is 44.2 Å². The molecule has 2 N–H and O–H groups in total. The van der Waals surface area contributed by atoms with Crippen LogP contribution >= 0.6 is 0 Å². The van der Waals surface area contributed by atoms with Crippen LogP contribution in [0.3, 0.4) is 0 Å². The highest BCUT2D eigenvalue weighted by Gasteiger charge is 2.18. The topological polar surface area (TPSA) is 95.7 Å². The number of hydrogen-bond donors (Lipinski definition) is 1. The number of ketones is 1. The van der Waals surface area contributed by atoms with Crippen molar-refractivity contribution in [1.29, 1.82) is 0 Å². The summed E-state index contributed by atoms with van der Waals surface area (Å²) in [5.41, 5.74) is 6.34. The minimum absolute atomic E-state index is 0.109. The lowest BCUT2D eigenvalue weighted by atomic mass is 9.99. The van der Waals surface area contributed by atoms with E-state index in [1.165, 1.54) is 0 Å². The third kappa shape index (κ3) is 6.39. The molecule has 0 saturated carbocycles. The average molecular weight is 383 g/mol. The molecule has 0 aromatic heterocycles. The Bertz CT molecular complexity index is 830. The second-order valence-electron chi connectivity index (χ2n) is 5.85. The molecule has 1 amide bonds. The summed E-state index contributed by atoms with van der Waals surface area (Å²) < 4.78 is 11.0. The van der Waals surface area contributed by atoms with E-state index in [0.717, 1.165) is 5.56 Å². The summed E-state index contributed by atoms with van der Waals surface area (Å²) in [4.78, 5) is 33.0. The first-order valence-corrected chi connectivity index (χ1v) is 8.74. The molecule has 1 unspecified atom stereocenters. The Labute approximate surface area is 165 Å². The van der Waals surface area contributed by atoms with Gasteiger partial charge >= 0.3 is 5.97 Å². The number of carbonyl (C=O) groups is 3. The van der Waals surface area contributed by atoms with E-state index in [4.69, 9.17) is 14.3 Å². The largest absolute Gasteiger partial charge is 0.493 e. The molecule has 2 rings (SSSR count). The molecule has 2 aromatic rings. The lowest BCUT2D eigenvalue weighted by Gasteiger charge is -2.16. The molecular weight excluding hydrogens is 358 g/mol. The fourth-order valence-electron chi connectivity index (χ4n) is 2.33. The Morgan fingerprint density at radius 3 is 2.32 bits per heavy atom. The molecule has 148 valence electrons. The van der Waals surface area contributed by atoms with Crippen LogP contribution in [0.15, 0.2) is 60.7 Å². The maximum absolute atomic E-state index is 12.7. The van der Waals surface area contributed by atoms with Crippen LogP contribution in [0.25, 0.3) is 0 Å². The number of primary amides is 1. The second kappa shape index (κ2) is 11.3.